The van der Waals surface area contributed by atoms with Gasteiger partial charge in [-0.05, 0) is 58.7 Å². The molecule has 27 heavy (non-hydrogen) atoms. The summed E-state index contributed by atoms with van der Waals surface area (Å²) in [7, 11) is 0. The van der Waals surface area contributed by atoms with Crippen LogP contribution >= 0.6 is 0 Å². The smallest absolute Gasteiger partial charge is 0.0463 e. The molecule has 0 bridgehead atoms. The average Bonchev–Trinajstić information content (AvgIpc) is 2.74. The number of hydrogen-bond acceptors (Lipinski definition) is 1. The first-order valence-corrected chi connectivity index (χ1v) is 9.52. The van der Waals surface area contributed by atoms with Gasteiger partial charge in [0.1, 0.15) is 0 Å². The molecule has 0 aliphatic heterocycles. The van der Waals surface area contributed by atoms with Crippen LogP contribution < -0.4 is 5.32 Å². The van der Waals surface area contributed by atoms with E-state index in [1.165, 1.54) is 33.0 Å². The Bertz CT molecular complexity index is 1130. The molecule has 0 radical (unpaired) electrons. The van der Waals surface area contributed by atoms with Crippen LogP contribution in [0.4, 0.5) is 11.4 Å². The van der Waals surface area contributed by atoms with Crippen molar-refractivity contribution >= 4 is 27.7 Å². The highest BCUT2D eigenvalue weighted by molar-refractivity contribution is 5.95. The van der Waals surface area contributed by atoms with Crippen LogP contribution in [0.2, 0.25) is 0 Å². The molecule has 0 unspecified atom stereocenters. The fraction of sp³-hybridized carbons (Fsp3) is 0.0769. The third kappa shape index (κ3) is 3.02. The van der Waals surface area contributed by atoms with Crippen LogP contribution in [0.15, 0.2) is 97.1 Å². The van der Waals surface area contributed by atoms with Crippen molar-refractivity contribution in [2.45, 2.75) is 12.8 Å². The lowest BCUT2D eigenvalue weighted by molar-refractivity contribution is 0.978. The van der Waals surface area contributed by atoms with Gasteiger partial charge in [-0.15, -0.1) is 0 Å². The number of benzene rings is 4. The summed E-state index contributed by atoms with van der Waals surface area (Å²) in [5.41, 5.74) is 7.72. The van der Waals surface area contributed by atoms with Gasteiger partial charge in [-0.1, -0.05) is 78.9 Å². The monoisotopic (exact) mass is 347 g/mol. The molecule has 0 spiro atoms. The zero-order valence-corrected chi connectivity index (χ0v) is 15.2. The average molecular weight is 347 g/mol. The summed E-state index contributed by atoms with van der Waals surface area (Å²) < 4.78 is 0. The first-order chi connectivity index (χ1) is 13.4. The van der Waals surface area contributed by atoms with E-state index >= 15 is 0 Å². The lowest BCUT2D eigenvalue weighted by Gasteiger charge is -2.18. The van der Waals surface area contributed by atoms with Crippen molar-refractivity contribution in [3.63, 3.8) is 0 Å². The minimum absolute atomic E-state index is 1.11. The molecule has 1 heteroatoms. The largest absolute Gasteiger partial charge is 0.355 e. The van der Waals surface area contributed by atoms with Crippen LogP contribution in [0.25, 0.3) is 16.3 Å². The molecule has 0 saturated heterocycles. The number of nitrogens with one attached hydrogen (secondary N) is 1. The Labute approximate surface area is 160 Å². The molecular weight excluding hydrogens is 326 g/mol. The molecule has 1 aliphatic carbocycles. The molecule has 0 fully saturated rings. The summed E-state index contributed by atoms with van der Waals surface area (Å²) in [6.07, 6.45) is 4.62. The molecule has 0 heterocycles. The maximum Gasteiger partial charge on any atom is 0.0463 e. The Morgan fingerprint density at radius 3 is 2.37 bits per heavy atom. The van der Waals surface area contributed by atoms with Crippen molar-refractivity contribution in [1.29, 1.82) is 0 Å². The molecule has 1 aliphatic rings. The molecule has 0 atom stereocenters. The normalized spacial score (nSPS) is 13.1. The molecule has 1 nitrogen and oxygen atoms in total. The SMILES string of the molecule is C1=C(c2ccc(Nc3cccc4ccccc34)cc2)c2ccccc2CC1. The minimum atomic E-state index is 1.11. The second-order valence-electron chi connectivity index (χ2n) is 7.04. The second-order valence-corrected chi connectivity index (χ2v) is 7.04. The Morgan fingerprint density at radius 2 is 1.44 bits per heavy atom. The van der Waals surface area contributed by atoms with Crippen molar-refractivity contribution in [3.05, 3.63) is 114 Å². The minimum Gasteiger partial charge on any atom is -0.355 e. The fourth-order valence-electron chi connectivity index (χ4n) is 3.98. The van der Waals surface area contributed by atoms with Crippen molar-refractivity contribution < 1.29 is 0 Å². The molecule has 130 valence electrons. The van der Waals surface area contributed by atoms with E-state index < -0.39 is 0 Å². The van der Waals surface area contributed by atoms with Crippen LogP contribution in [0.1, 0.15) is 23.1 Å². The Hall–Kier alpha value is -3.32. The zero-order chi connectivity index (χ0) is 18.1. The van der Waals surface area contributed by atoms with Crippen molar-refractivity contribution in [2.75, 3.05) is 5.32 Å². The standard InChI is InChI=1S/C26H21N/c1-3-11-23-19(7-1)9-5-13-24(23)21-15-17-22(18-16-21)27-26-14-6-10-20-8-2-4-12-25(20)26/h1-4,6-8,10-18,27H,5,9H2. The van der Waals surface area contributed by atoms with E-state index in [1.807, 2.05) is 0 Å². The highest BCUT2D eigenvalue weighted by Gasteiger charge is 2.13. The summed E-state index contributed by atoms with van der Waals surface area (Å²) >= 11 is 0. The van der Waals surface area contributed by atoms with Gasteiger partial charge in [-0.3, -0.25) is 0 Å². The Kier molecular flexibility index (Phi) is 3.99. The number of fused-ring (bicyclic) bond motifs is 2. The van der Waals surface area contributed by atoms with Gasteiger partial charge in [0.15, 0.2) is 0 Å². The van der Waals surface area contributed by atoms with Crippen LogP contribution in [0.3, 0.4) is 0 Å². The van der Waals surface area contributed by atoms with Crippen molar-refractivity contribution in [2.24, 2.45) is 0 Å². The fourth-order valence-corrected chi connectivity index (χ4v) is 3.98. The Morgan fingerprint density at radius 1 is 0.667 bits per heavy atom. The van der Waals surface area contributed by atoms with E-state index in [-0.39, 0.29) is 0 Å². The summed E-state index contributed by atoms with van der Waals surface area (Å²) in [6, 6.07) is 32.4. The van der Waals surface area contributed by atoms with E-state index in [1.54, 1.807) is 0 Å². The second kappa shape index (κ2) is 6.77. The number of aryl methyl sites for hydroxylation is 1. The topological polar surface area (TPSA) is 12.0 Å². The zero-order valence-electron chi connectivity index (χ0n) is 15.2. The third-order valence-corrected chi connectivity index (χ3v) is 5.33. The molecule has 0 amide bonds. The molecule has 1 N–H and O–H groups in total. The Balaban J connectivity index is 1.45. The molecule has 4 aromatic carbocycles. The number of hydrogen-bond donors (Lipinski definition) is 1. The van der Waals surface area contributed by atoms with E-state index in [9.17, 15) is 0 Å². The van der Waals surface area contributed by atoms with Gasteiger partial charge in [0.2, 0.25) is 0 Å². The number of anilines is 2. The van der Waals surface area contributed by atoms with Crippen LogP contribution in [-0.2, 0) is 6.42 Å². The predicted octanol–water partition coefficient (Wildman–Crippen LogP) is 6.96. The third-order valence-electron chi connectivity index (χ3n) is 5.33. The highest BCUT2D eigenvalue weighted by atomic mass is 14.9. The summed E-state index contributed by atoms with van der Waals surface area (Å²) in [4.78, 5) is 0. The van der Waals surface area contributed by atoms with Crippen molar-refractivity contribution in [3.8, 4) is 0 Å². The molecule has 0 saturated carbocycles. The molecular formula is C26H21N. The quantitative estimate of drug-likeness (QED) is 0.422. The summed E-state index contributed by atoms with van der Waals surface area (Å²) in [5.74, 6) is 0. The van der Waals surface area contributed by atoms with E-state index in [2.05, 4.69) is 102 Å². The van der Waals surface area contributed by atoms with Gasteiger partial charge in [0.25, 0.3) is 0 Å². The first-order valence-electron chi connectivity index (χ1n) is 9.52. The predicted molar refractivity (Wildman–Crippen MR) is 116 cm³/mol. The summed E-state index contributed by atoms with van der Waals surface area (Å²) in [5, 5.41) is 6.07. The van der Waals surface area contributed by atoms with Gasteiger partial charge < -0.3 is 5.32 Å². The van der Waals surface area contributed by atoms with Gasteiger partial charge >= 0.3 is 0 Å². The van der Waals surface area contributed by atoms with E-state index in [4.69, 9.17) is 0 Å². The molecule has 5 rings (SSSR count). The van der Waals surface area contributed by atoms with Crippen LogP contribution in [-0.4, -0.2) is 0 Å². The number of rotatable bonds is 3. The maximum absolute atomic E-state index is 3.58. The van der Waals surface area contributed by atoms with Gasteiger partial charge in [0, 0.05) is 16.8 Å². The van der Waals surface area contributed by atoms with Crippen LogP contribution in [0, 0.1) is 0 Å². The van der Waals surface area contributed by atoms with Gasteiger partial charge in [0.05, 0.1) is 0 Å². The first kappa shape index (κ1) is 15.9. The van der Waals surface area contributed by atoms with Gasteiger partial charge in [-0.25, -0.2) is 0 Å². The van der Waals surface area contributed by atoms with E-state index in [0.717, 1.165) is 24.2 Å². The maximum atomic E-state index is 3.58. The highest BCUT2D eigenvalue weighted by Crippen LogP contribution is 2.33. The molecule has 4 aromatic rings. The van der Waals surface area contributed by atoms with Gasteiger partial charge in [-0.2, -0.15) is 0 Å². The number of allylic oxidation sites excluding steroid dienone is 1. The molecule has 0 aromatic heterocycles. The summed E-state index contributed by atoms with van der Waals surface area (Å²) in [6.45, 7) is 0. The lowest BCUT2D eigenvalue weighted by Crippen LogP contribution is -2.00. The van der Waals surface area contributed by atoms with Crippen LogP contribution in [0.5, 0.6) is 0 Å². The van der Waals surface area contributed by atoms with Crippen molar-refractivity contribution in [1.82, 2.24) is 0 Å². The van der Waals surface area contributed by atoms with E-state index in [0.29, 0.717) is 0 Å². The lowest BCUT2D eigenvalue weighted by atomic mass is 9.87.